The number of nitroso groups, excluding NO2 is 2. The fraction of sp³-hybridized carbons (Fsp3) is 0.444. The summed E-state index contributed by atoms with van der Waals surface area (Å²) in [5, 5.41) is 9.19. The predicted octanol–water partition coefficient (Wildman–Crippen LogP) is 3.80. The topological polar surface area (TPSA) is 91.1 Å². The lowest BCUT2D eigenvalue weighted by Crippen LogP contribution is -2.15. The first-order chi connectivity index (χ1) is 12.8. The Balaban J connectivity index is 0.000000151. The normalized spacial score (nSPS) is 21.8. The largest absolute Gasteiger partial charge is 0.264 e. The molecule has 0 saturated carbocycles. The van der Waals surface area contributed by atoms with Crippen molar-refractivity contribution in [3.63, 3.8) is 0 Å². The lowest BCUT2D eigenvalue weighted by atomic mass is 10.1. The second-order valence-electron chi connectivity index (χ2n) is 6.38. The van der Waals surface area contributed by atoms with E-state index >= 15 is 0 Å². The van der Waals surface area contributed by atoms with E-state index in [1.165, 1.54) is 0 Å². The Bertz CT molecular complexity index is 638. The second-order valence-corrected chi connectivity index (χ2v) is 6.38. The summed E-state index contributed by atoms with van der Waals surface area (Å²) in [4.78, 5) is 28.9. The van der Waals surface area contributed by atoms with Gasteiger partial charge in [0.05, 0.1) is 22.7 Å². The molecule has 0 N–H and O–H groups in total. The van der Waals surface area contributed by atoms with Gasteiger partial charge in [0.1, 0.15) is 0 Å². The van der Waals surface area contributed by atoms with Gasteiger partial charge in [-0.3, -0.25) is 20.0 Å². The third-order valence-electron chi connectivity index (χ3n) is 4.80. The smallest absolute Gasteiger partial charge is 0.0767 e. The van der Waals surface area contributed by atoms with Gasteiger partial charge < -0.3 is 0 Å². The van der Waals surface area contributed by atoms with Gasteiger partial charge in [0.25, 0.3) is 0 Å². The van der Waals surface area contributed by atoms with Crippen molar-refractivity contribution in [2.75, 3.05) is 13.1 Å². The molecule has 26 heavy (non-hydrogen) atoms. The van der Waals surface area contributed by atoms with Crippen LogP contribution in [0.1, 0.15) is 48.9 Å². The van der Waals surface area contributed by atoms with Gasteiger partial charge in [0.2, 0.25) is 0 Å². The number of rotatable bonds is 4. The molecule has 2 aromatic rings. The van der Waals surface area contributed by atoms with E-state index in [0.29, 0.717) is 0 Å². The van der Waals surface area contributed by atoms with Crippen molar-refractivity contribution in [3.8, 4) is 0 Å². The van der Waals surface area contributed by atoms with E-state index in [9.17, 15) is 9.81 Å². The first kappa shape index (κ1) is 17.9. The number of hydrogen-bond donors (Lipinski definition) is 0. The van der Waals surface area contributed by atoms with Crippen molar-refractivity contribution in [2.45, 2.75) is 37.8 Å². The van der Waals surface area contributed by atoms with Crippen molar-refractivity contribution in [2.24, 2.45) is 10.6 Å². The molecular formula is C18H22N6O2. The van der Waals surface area contributed by atoms with Crippen LogP contribution in [0.2, 0.25) is 0 Å². The maximum atomic E-state index is 10.4. The summed E-state index contributed by atoms with van der Waals surface area (Å²) in [5.41, 5.74) is 2.17. The standard InChI is InChI=1S/2C9H11N3O/c2*13-11-12-6-2-4-9(12)8-3-1-5-10-7-8/h2*1,3,5,7,9H,2,4,6H2/t2*9-/m10/s1. The number of hydrogen-bond acceptors (Lipinski definition) is 6. The molecule has 0 radical (unpaired) electrons. The van der Waals surface area contributed by atoms with Gasteiger partial charge in [0, 0.05) is 37.9 Å². The van der Waals surface area contributed by atoms with E-state index in [1.807, 2.05) is 24.3 Å². The molecule has 0 spiro atoms. The molecule has 0 unspecified atom stereocenters. The second kappa shape index (κ2) is 8.98. The van der Waals surface area contributed by atoms with Crippen molar-refractivity contribution in [1.29, 1.82) is 0 Å². The fourth-order valence-corrected chi connectivity index (χ4v) is 3.52. The van der Waals surface area contributed by atoms with Crippen LogP contribution >= 0.6 is 0 Å². The van der Waals surface area contributed by atoms with E-state index in [0.717, 1.165) is 49.9 Å². The zero-order valence-electron chi connectivity index (χ0n) is 14.5. The maximum Gasteiger partial charge on any atom is 0.0767 e. The quantitative estimate of drug-likeness (QED) is 0.776. The lowest BCUT2D eigenvalue weighted by Gasteiger charge is -2.17. The molecule has 4 heterocycles. The van der Waals surface area contributed by atoms with Gasteiger partial charge >= 0.3 is 0 Å². The summed E-state index contributed by atoms with van der Waals surface area (Å²) < 4.78 is 0. The van der Waals surface area contributed by atoms with E-state index in [2.05, 4.69) is 20.5 Å². The summed E-state index contributed by atoms with van der Waals surface area (Å²) in [6.07, 6.45) is 11.1. The monoisotopic (exact) mass is 354 g/mol. The van der Waals surface area contributed by atoms with Gasteiger partial charge in [-0.05, 0) is 48.9 Å². The number of pyridine rings is 2. The Kier molecular flexibility index (Phi) is 6.19. The first-order valence-corrected chi connectivity index (χ1v) is 8.83. The van der Waals surface area contributed by atoms with Crippen LogP contribution in [0.25, 0.3) is 0 Å². The molecule has 8 nitrogen and oxygen atoms in total. The van der Waals surface area contributed by atoms with Crippen LogP contribution in [0.15, 0.2) is 59.6 Å². The Morgan fingerprint density at radius 2 is 1.27 bits per heavy atom. The van der Waals surface area contributed by atoms with Crippen molar-refractivity contribution >= 4 is 0 Å². The zero-order valence-corrected chi connectivity index (χ0v) is 14.5. The minimum absolute atomic E-state index is 0.145. The molecule has 2 aliphatic rings. The average molecular weight is 354 g/mol. The molecule has 2 fully saturated rings. The van der Waals surface area contributed by atoms with Crippen LogP contribution in [0.5, 0.6) is 0 Å². The molecule has 2 saturated heterocycles. The van der Waals surface area contributed by atoms with E-state index < -0.39 is 0 Å². The van der Waals surface area contributed by atoms with Crippen molar-refractivity contribution in [3.05, 3.63) is 70.0 Å². The summed E-state index contributed by atoms with van der Waals surface area (Å²) in [6, 6.07) is 8.03. The first-order valence-electron chi connectivity index (χ1n) is 8.83. The molecule has 2 aromatic heterocycles. The SMILES string of the molecule is O=NN1CCC[C@@H]1c1cccnc1.O=NN1CCC[C@H]1c1cccnc1. The summed E-state index contributed by atoms with van der Waals surface area (Å²) in [7, 11) is 0. The van der Waals surface area contributed by atoms with Crippen LogP contribution in [0, 0.1) is 9.81 Å². The van der Waals surface area contributed by atoms with Gasteiger partial charge in [-0.1, -0.05) is 12.1 Å². The summed E-state index contributed by atoms with van der Waals surface area (Å²) in [5.74, 6) is 0. The van der Waals surface area contributed by atoms with Crippen LogP contribution in [0.3, 0.4) is 0 Å². The average Bonchev–Trinajstić information content (AvgIpc) is 3.39. The van der Waals surface area contributed by atoms with Crippen LogP contribution in [0.4, 0.5) is 0 Å². The van der Waals surface area contributed by atoms with E-state index in [1.54, 1.807) is 34.8 Å². The molecule has 136 valence electrons. The molecule has 2 aliphatic heterocycles. The third-order valence-corrected chi connectivity index (χ3v) is 4.80. The fourth-order valence-electron chi connectivity index (χ4n) is 3.52. The Hall–Kier alpha value is -2.90. The van der Waals surface area contributed by atoms with Crippen LogP contribution in [-0.4, -0.2) is 33.1 Å². The Labute approximate surface area is 152 Å². The third kappa shape index (κ3) is 4.19. The minimum Gasteiger partial charge on any atom is -0.264 e. The highest BCUT2D eigenvalue weighted by molar-refractivity contribution is 5.15. The predicted molar refractivity (Wildman–Crippen MR) is 97.4 cm³/mol. The zero-order chi connectivity index (χ0) is 18.2. The molecule has 8 heteroatoms. The Morgan fingerprint density at radius 3 is 1.62 bits per heavy atom. The maximum absolute atomic E-state index is 10.4. The minimum atomic E-state index is 0.145. The molecule has 0 amide bonds. The number of nitrogens with zero attached hydrogens (tertiary/aromatic N) is 6. The lowest BCUT2D eigenvalue weighted by molar-refractivity contribution is 0.266. The van der Waals surface area contributed by atoms with Crippen LogP contribution < -0.4 is 0 Å². The van der Waals surface area contributed by atoms with E-state index in [4.69, 9.17) is 0 Å². The van der Waals surface area contributed by atoms with Gasteiger partial charge in [-0.15, -0.1) is 9.81 Å². The van der Waals surface area contributed by atoms with Gasteiger partial charge in [-0.25, -0.2) is 0 Å². The highest BCUT2D eigenvalue weighted by Crippen LogP contribution is 2.31. The van der Waals surface area contributed by atoms with E-state index in [-0.39, 0.29) is 12.1 Å². The van der Waals surface area contributed by atoms with Crippen molar-refractivity contribution in [1.82, 2.24) is 20.0 Å². The molecule has 2 atom stereocenters. The van der Waals surface area contributed by atoms with Crippen molar-refractivity contribution < 1.29 is 0 Å². The number of aromatic nitrogens is 2. The molecule has 4 rings (SSSR count). The molecule has 0 aromatic carbocycles. The molecular weight excluding hydrogens is 332 g/mol. The Morgan fingerprint density at radius 1 is 0.808 bits per heavy atom. The van der Waals surface area contributed by atoms with Gasteiger partial charge in [-0.2, -0.15) is 0 Å². The highest BCUT2D eigenvalue weighted by atomic mass is 16.3. The summed E-state index contributed by atoms with van der Waals surface area (Å²) >= 11 is 0. The van der Waals surface area contributed by atoms with Gasteiger partial charge in [0.15, 0.2) is 0 Å². The summed E-state index contributed by atoms with van der Waals surface area (Å²) in [6.45, 7) is 1.53. The molecule has 0 bridgehead atoms. The highest BCUT2D eigenvalue weighted by Gasteiger charge is 2.26. The molecule has 0 aliphatic carbocycles. The van der Waals surface area contributed by atoms with Crippen LogP contribution in [-0.2, 0) is 0 Å².